The summed E-state index contributed by atoms with van der Waals surface area (Å²) < 4.78 is 24.8. The second-order valence-corrected chi connectivity index (χ2v) is 7.23. The van der Waals surface area contributed by atoms with Crippen LogP contribution in [0.1, 0.15) is 24.8 Å². The summed E-state index contributed by atoms with van der Waals surface area (Å²) >= 11 is 0. The van der Waals surface area contributed by atoms with Crippen LogP contribution in [0.2, 0.25) is 0 Å². The monoisotopic (exact) mass is 334 g/mol. The molecule has 5 nitrogen and oxygen atoms in total. The number of nitrogens with zero attached hydrogens (tertiary/aromatic N) is 2. The van der Waals surface area contributed by atoms with Crippen molar-refractivity contribution in [1.29, 1.82) is 0 Å². The second-order valence-electron chi connectivity index (χ2n) is 7.23. The van der Waals surface area contributed by atoms with E-state index in [1.54, 1.807) is 12.4 Å². The molecule has 1 aliphatic carbocycles. The Kier molecular flexibility index (Phi) is 4.26. The van der Waals surface area contributed by atoms with Crippen LogP contribution in [0.25, 0.3) is 0 Å². The maximum Gasteiger partial charge on any atom is 0.226 e. The summed E-state index contributed by atoms with van der Waals surface area (Å²) in [6.07, 6.45) is 4.48. The molecule has 130 valence electrons. The molecule has 3 heterocycles. The van der Waals surface area contributed by atoms with Gasteiger partial charge in [0.2, 0.25) is 5.91 Å². The first kappa shape index (κ1) is 16.0. The molecule has 6 heteroatoms. The Bertz CT molecular complexity index is 585. The molecule has 4 rings (SSSR count). The molecule has 0 aromatic carbocycles. The minimum atomic E-state index is -0.786. The summed E-state index contributed by atoms with van der Waals surface area (Å²) in [5, 5.41) is 0. The van der Waals surface area contributed by atoms with E-state index in [1.807, 2.05) is 17.0 Å². The summed E-state index contributed by atoms with van der Waals surface area (Å²) in [4.78, 5) is 18.1. The van der Waals surface area contributed by atoms with Crippen LogP contribution in [0, 0.1) is 11.8 Å². The maximum atomic E-state index is 12.9. The van der Waals surface area contributed by atoms with E-state index in [0.29, 0.717) is 45.1 Å². The molecule has 24 heavy (non-hydrogen) atoms. The molecule has 1 aromatic rings. The van der Waals surface area contributed by atoms with Crippen molar-refractivity contribution in [3.63, 3.8) is 0 Å². The van der Waals surface area contributed by atoms with Gasteiger partial charge in [-0.05, 0) is 37.0 Å². The normalized spacial score (nSPS) is 30.9. The lowest BCUT2D eigenvalue weighted by molar-refractivity contribution is -0.176. The van der Waals surface area contributed by atoms with Crippen LogP contribution in [-0.2, 0) is 20.9 Å². The molecule has 0 bridgehead atoms. The molecule has 3 fully saturated rings. The van der Waals surface area contributed by atoms with E-state index < -0.39 is 6.17 Å². The number of hydrogen-bond acceptors (Lipinski definition) is 4. The van der Waals surface area contributed by atoms with Crippen LogP contribution in [0.4, 0.5) is 4.39 Å². The van der Waals surface area contributed by atoms with E-state index in [0.717, 1.165) is 18.6 Å². The fraction of sp³-hybridized carbons (Fsp3) is 0.667. The molecule has 1 saturated carbocycles. The van der Waals surface area contributed by atoms with E-state index in [4.69, 9.17) is 9.47 Å². The highest BCUT2D eigenvalue weighted by atomic mass is 19.1. The first-order chi connectivity index (χ1) is 11.7. The van der Waals surface area contributed by atoms with Gasteiger partial charge in [-0.25, -0.2) is 4.39 Å². The number of amides is 1. The highest BCUT2D eigenvalue weighted by Crippen LogP contribution is 2.42. The van der Waals surface area contributed by atoms with E-state index in [-0.39, 0.29) is 17.4 Å². The quantitative estimate of drug-likeness (QED) is 0.826. The van der Waals surface area contributed by atoms with Gasteiger partial charge in [0.1, 0.15) is 11.8 Å². The molecule has 1 amide bonds. The maximum absolute atomic E-state index is 12.9. The molecular formula is C18H23FN2O3. The number of likely N-dealkylation sites (tertiary alicyclic amines) is 1. The van der Waals surface area contributed by atoms with Gasteiger partial charge < -0.3 is 14.4 Å². The van der Waals surface area contributed by atoms with Crippen LogP contribution in [0.15, 0.2) is 24.5 Å². The van der Waals surface area contributed by atoms with Crippen LogP contribution in [0.3, 0.4) is 0 Å². The number of aromatic nitrogens is 1. The molecular weight excluding hydrogens is 311 g/mol. The van der Waals surface area contributed by atoms with Crippen LogP contribution < -0.4 is 0 Å². The van der Waals surface area contributed by atoms with E-state index in [9.17, 15) is 9.18 Å². The van der Waals surface area contributed by atoms with Gasteiger partial charge in [-0.2, -0.15) is 0 Å². The first-order valence-electron chi connectivity index (χ1n) is 8.70. The number of pyridine rings is 1. The average molecular weight is 334 g/mol. The molecule has 2 saturated heterocycles. The van der Waals surface area contributed by atoms with Crippen LogP contribution >= 0.6 is 0 Å². The molecule has 1 atom stereocenters. The Labute approximate surface area is 141 Å². The average Bonchev–Trinajstić information content (AvgIpc) is 2.95. The van der Waals surface area contributed by atoms with Crippen molar-refractivity contribution in [3.05, 3.63) is 30.1 Å². The summed E-state index contributed by atoms with van der Waals surface area (Å²) in [5.41, 5.74) is 0.862. The highest BCUT2D eigenvalue weighted by Gasteiger charge is 2.55. The van der Waals surface area contributed by atoms with E-state index in [1.165, 1.54) is 0 Å². The van der Waals surface area contributed by atoms with E-state index >= 15 is 0 Å². The third-order valence-corrected chi connectivity index (χ3v) is 5.60. The Hall–Kier alpha value is -1.53. The minimum Gasteiger partial charge on any atom is -0.376 e. The summed E-state index contributed by atoms with van der Waals surface area (Å²) in [5.74, 6) is 0.306. The summed E-state index contributed by atoms with van der Waals surface area (Å²) in [7, 11) is 0. The molecule has 2 aliphatic heterocycles. The SMILES string of the molecule is O=C(C1CC(F)C1)N1CC2(C1)OCCC2COCc1ccncc1. The van der Waals surface area contributed by atoms with Gasteiger partial charge in [0, 0.05) is 30.8 Å². The smallest absolute Gasteiger partial charge is 0.226 e. The van der Waals surface area contributed by atoms with Gasteiger partial charge in [0.05, 0.1) is 26.3 Å². The van der Waals surface area contributed by atoms with Crippen LogP contribution in [0.5, 0.6) is 0 Å². The van der Waals surface area contributed by atoms with Crippen molar-refractivity contribution in [2.45, 2.75) is 37.6 Å². The molecule has 1 aromatic heterocycles. The van der Waals surface area contributed by atoms with Gasteiger partial charge in [0.15, 0.2) is 0 Å². The molecule has 1 unspecified atom stereocenters. The molecule has 3 aliphatic rings. The number of carbonyl (C=O) groups is 1. The lowest BCUT2D eigenvalue weighted by Crippen LogP contribution is -2.68. The zero-order valence-electron chi connectivity index (χ0n) is 13.7. The van der Waals surface area contributed by atoms with Crippen LogP contribution in [-0.4, -0.2) is 53.9 Å². The Morgan fingerprint density at radius 3 is 2.83 bits per heavy atom. The number of rotatable bonds is 5. The second kappa shape index (κ2) is 6.41. The van der Waals surface area contributed by atoms with E-state index in [2.05, 4.69) is 4.98 Å². The lowest BCUT2D eigenvalue weighted by atomic mass is 9.77. The van der Waals surface area contributed by atoms with Gasteiger partial charge in [-0.3, -0.25) is 9.78 Å². The Balaban J connectivity index is 1.26. The Morgan fingerprint density at radius 1 is 1.38 bits per heavy atom. The zero-order valence-corrected chi connectivity index (χ0v) is 13.7. The largest absolute Gasteiger partial charge is 0.376 e. The van der Waals surface area contributed by atoms with Crippen molar-refractivity contribution in [2.24, 2.45) is 11.8 Å². The van der Waals surface area contributed by atoms with Crippen molar-refractivity contribution >= 4 is 5.91 Å². The fourth-order valence-electron chi connectivity index (χ4n) is 3.93. The number of halogens is 1. The first-order valence-corrected chi connectivity index (χ1v) is 8.70. The zero-order chi connectivity index (χ0) is 16.6. The van der Waals surface area contributed by atoms with Crippen molar-refractivity contribution in [1.82, 2.24) is 9.88 Å². The number of ether oxygens (including phenoxy) is 2. The fourth-order valence-corrected chi connectivity index (χ4v) is 3.93. The number of carbonyl (C=O) groups excluding carboxylic acids is 1. The molecule has 0 N–H and O–H groups in total. The number of hydrogen-bond donors (Lipinski definition) is 0. The number of alkyl halides is 1. The van der Waals surface area contributed by atoms with Gasteiger partial charge in [-0.15, -0.1) is 0 Å². The van der Waals surface area contributed by atoms with Gasteiger partial charge in [0.25, 0.3) is 0 Å². The predicted octanol–water partition coefficient (Wildman–Crippen LogP) is 1.96. The molecule has 1 spiro atoms. The van der Waals surface area contributed by atoms with Crippen molar-refractivity contribution in [3.8, 4) is 0 Å². The third-order valence-electron chi connectivity index (χ3n) is 5.60. The standard InChI is InChI=1S/C18H23FN2O3/c19-16-7-14(8-16)17(22)21-11-18(12-21)15(3-6-24-18)10-23-9-13-1-4-20-5-2-13/h1-2,4-5,14-16H,3,6-12H2. The topological polar surface area (TPSA) is 51.7 Å². The summed E-state index contributed by atoms with van der Waals surface area (Å²) in [6.45, 7) is 3.18. The molecule has 0 radical (unpaired) electrons. The summed E-state index contributed by atoms with van der Waals surface area (Å²) in [6, 6.07) is 3.89. The Morgan fingerprint density at radius 2 is 2.12 bits per heavy atom. The third kappa shape index (κ3) is 2.93. The van der Waals surface area contributed by atoms with Gasteiger partial charge in [-0.1, -0.05) is 0 Å². The predicted molar refractivity (Wildman–Crippen MR) is 84.9 cm³/mol. The van der Waals surface area contributed by atoms with Crippen molar-refractivity contribution < 1.29 is 18.7 Å². The lowest BCUT2D eigenvalue weighted by Gasteiger charge is -2.51. The van der Waals surface area contributed by atoms with Gasteiger partial charge >= 0.3 is 0 Å². The minimum absolute atomic E-state index is 0.0986. The highest BCUT2D eigenvalue weighted by molar-refractivity contribution is 5.81. The van der Waals surface area contributed by atoms with Crippen molar-refractivity contribution in [2.75, 3.05) is 26.3 Å².